The minimum absolute atomic E-state index is 0.251. The van der Waals surface area contributed by atoms with Crippen molar-refractivity contribution in [2.45, 2.75) is 31.2 Å². The van der Waals surface area contributed by atoms with Crippen molar-refractivity contribution in [3.8, 4) is 11.4 Å². The van der Waals surface area contributed by atoms with Crippen LogP contribution >= 0.6 is 0 Å². The van der Waals surface area contributed by atoms with Gasteiger partial charge in [0.1, 0.15) is 0 Å². The first-order valence-electron chi connectivity index (χ1n) is 7.10. The Morgan fingerprint density at radius 1 is 1.10 bits per heavy atom. The third kappa shape index (κ3) is 2.27. The molecule has 1 saturated carbocycles. The Morgan fingerprint density at radius 2 is 1.95 bits per heavy atom. The van der Waals surface area contributed by atoms with E-state index >= 15 is 0 Å². The standard InChI is InChI=1S/C15H15N5O/c16-11-3-1-10(7-11)15-19-14(20-21-15)9-2-4-12-13(8-9)18-6-5-17-12/h2,4-6,8,10-11H,1,3,7,16H2/t10-,11+/m1/s1. The summed E-state index contributed by atoms with van der Waals surface area (Å²) in [4.78, 5) is 13.1. The van der Waals surface area contributed by atoms with E-state index in [1.54, 1.807) is 12.4 Å². The second kappa shape index (κ2) is 4.89. The summed E-state index contributed by atoms with van der Waals surface area (Å²) in [6.45, 7) is 0. The van der Waals surface area contributed by atoms with Crippen LogP contribution in [0.25, 0.3) is 22.4 Å². The number of hydrogen-bond donors (Lipinski definition) is 1. The Kier molecular flexibility index (Phi) is 2.89. The highest BCUT2D eigenvalue weighted by atomic mass is 16.5. The van der Waals surface area contributed by atoms with Crippen LogP contribution in [0.3, 0.4) is 0 Å². The molecule has 1 fully saturated rings. The van der Waals surface area contributed by atoms with Crippen LogP contribution in [-0.2, 0) is 0 Å². The third-order valence-corrected chi connectivity index (χ3v) is 3.99. The lowest BCUT2D eigenvalue weighted by Gasteiger charge is -2.01. The van der Waals surface area contributed by atoms with Gasteiger partial charge in [-0.1, -0.05) is 5.16 Å². The van der Waals surface area contributed by atoms with E-state index in [1.807, 2.05) is 18.2 Å². The average Bonchev–Trinajstić information content (AvgIpc) is 3.15. The largest absolute Gasteiger partial charge is 0.339 e. The van der Waals surface area contributed by atoms with Crippen molar-refractivity contribution in [1.82, 2.24) is 20.1 Å². The smallest absolute Gasteiger partial charge is 0.230 e. The zero-order valence-corrected chi connectivity index (χ0v) is 11.4. The number of aromatic nitrogens is 4. The second-order valence-corrected chi connectivity index (χ2v) is 5.49. The Bertz CT molecular complexity index is 784. The molecule has 2 N–H and O–H groups in total. The van der Waals surface area contributed by atoms with Crippen molar-refractivity contribution in [3.05, 3.63) is 36.5 Å². The Labute approximate surface area is 121 Å². The van der Waals surface area contributed by atoms with Gasteiger partial charge in [0.2, 0.25) is 11.7 Å². The lowest BCUT2D eigenvalue weighted by atomic mass is 10.1. The molecular weight excluding hydrogens is 266 g/mol. The molecule has 0 unspecified atom stereocenters. The van der Waals surface area contributed by atoms with Crippen LogP contribution in [0.5, 0.6) is 0 Å². The Morgan fingerprint density at radius 3 is 2.76 bits per heavy atom. The summed E-state index contributed by atoms with van der Waals surface area (Å²) in [5.41, 5.74) is 8.50. The van der Waals surface area contributed by atoms with E-state index in [2.05, 4.69) is 20.1 Å². The predicted molar refractivity (Wildman–Crippen MR) is 77.4 cm³/mol. The van der Waals surface area contributed by atoms with E-state index in [9.17, 15) is 0 Å². The van der Waals surface area contributed by atoms with Crippen LogP contribution in [0, 0.1) is 0 Å². The molecule has 1 aromatic carbocycles. The molecule has 4 rings (SSSR count). The van der Waals surface area contributed by atoms with Crippen LogP contribution in [0.2, 0.25) is 0 Å². The number of benzene rings is 1. The highest BCUT2D eigenvalue weighted by molar-refractivity contribution is 5.79. The number of fused-ring (bicyclic) bond motifs is 1. The maximum Gasteiger partial charge on any atom is 0.230 e. The van der Waals surface area contributed by atoms with Gasteiger partial charge in [0.05, 0.1) is 11.0 Å². The molecule has 0 bridgehead atoms. The van der Waals surface area contributed by atoms with E-state index in [0.717, 1.165) is 35.9 Å². The van der Waals surface area contributed by atoms with Crippen LogP contribution in [-0.4, -0.2) is 26.2 Å². The monoisotopic (exact) mass is 281 g/mol. The zero-order chi connectivity index (χ0) is 14.2. The van der Waals surface area contributed by atoms with Gasteiger partial charge in [-0.3, -0.25) is 9.97 Å². The molecule has 1 aliphatic carbocycles. The van der Waals surface area contributed by atoms with Crippen molar-refractivity contribution >= 4 is 11.0 Å². The van der Waals surface area contributed by atoms with E-state index in [4.69, 9.17) is 10.3 Å². The van der Waals surface area contributed by atoms with E-state index in [1.165, 1.54) is 0 Å². The van der Waals surface area contributed by atoms with Gasteiger partial charge >= 0.3 is 0 Å². The first kappa shape index (κ1) is 12.4. The lowest BCUT2D eigenvalue weighted by Crippen LogP contribution is -2.14. The van der Waals surface area contributed by atoms with Crippen LogP contribution < -0.4 is 5.73 Å². The van der Waals surface area contributed by atoms with Gasteiger partial charge in [-0.2, -0.15) is 4.98 Å². The summed E-state index contributed by atoms with van der Waals surface area (Å²) < 4.78 is 5.41. The molecule has 6 heteroatoms. The molecule has 2 atom stereocenters. The highest BCUT2D eigenvalue weighted by Gasteiger charge is 2.28. The normalized spacial score (nSPS) is 22.0. The first-order chi connectivity index (χ1) is 10.3. The highest BCUT2D eigenvalue weighted by Crippen LogP contribution is 2.33. The van der Waals surface area contributed by atoms with Gasteiger partial charge in [0, 0.05) is 29.9 Å². The summed E-state index contributed by atoms with van der Waals surface area (Å²) in [6.07, 6.45) is 6.32. The fourth-order valence-electron chi connectivity index (χ4n) is 2.86. The average molecular weight is 281 g/mol. The molecule has 0 radical (unpaired) electrons. The molecule has 2 heterocycles. The molecule has 0 saturated heterocycles. The molecule has 6 nitrogen and oxygen atoms in total. The molecule has 1 aliphatic rings. The summed E-state index contributed by atoms with van der Waals surface area (Å²) in [7, 11) is 0. The molecule has 0 spiro atoms. The zero-order valence-electron chi connectivity index (χ0n) is 11.4. The SMILES string of the molecule is N[C@H]1CC[C@@H](c2nc(-c3ccc4nccnc4c3)no2)C1. The van der Waals surface area contributed by atoms with Crippen molar-refractivity contribution < 1.29 is 4.52 Å². The Balaban J connectivity index is 1.67. The third-order valence-electron chi connectivity index (χ3n) is 3.99. The van der Waals surface area contributed by atoms with E-state index < -0.39 is 0 Å². The second-order valence-electron chi connectivity index (χ2n) is 5.49. The lowest BCUT2D eigenvalue weighted by molar-refractivity contribution is 0.353. The minimum Gasteiger partial charge on any atom is -0.339 e. The topological polar surface area (TPSA) is 90.7 Å². The number of nitrogens with zero attached hydrogens (tertiary/aromatic N) is 4. The quantitative estimate of drug-likeness (QED) is 0.774. The summed E-state index contributed by atoms with van der Waals surface area (Å²) in [5.74, 6) is 1.58. The van der Waals surface area contributed by atoms with Crippen molar-refractivity contribution in [2.24, 2.45) is 5.73 Å². The van der Waals surface area contributed by atoms with Gasteiger partial charge < -0.3 is 10.3 Å². The van der Waals surface area contributed by atoms with E-state index in [-0.39, 0.29) is 6.04 Å². The molecule has 0 amide bonds. The van der Waals surface area contributed by atoms with Gasteiger partial charge in [-0.25, -0.2) is 0 Å². The molecule has 21 heavy (non-hydrogen) atoms. The maximum absolute atomic E-state index is 5.94. The first-order valence-corrected chi connectivity index (χ1v) is 7.10. The van der Waals surface area contributed by atoms with E-state index in [0.29, 0.717) is 17.6 Å². The van der Waals surface area contributed by atoms with Crippen molar-refractivity contribution in [2.75, 3.05) is 0 Å². The fraction of sp³-hybridized carbons (Fsp3) is 0.333. The van der Waals surface area contributed by atoms with Gasteiger partial charge in [0.25, 0.3) is 0 Å². The van der Waals surface area contributed by atoms with Gasteiger partial charge in [0.15, 0.2) is 0 Å². The fourth-order valence-corrected chi connectivity index (χ4v) is 2.86. The Hall–Kier alpha value is -2.34. The van der Waals surface area contributed by atoms with Crippen molar-refractivity contribution in [3.63, 3.8) is 0 Å². The van der Waals surface area contributed by atoms with Crippen LogP contribution in [0.1, 0.15) is 31.1 Å². The summed E-state index contributed by atoms with van der Waals surface area (Å²) in [5, 5.41) is 4.09. The minimum atomic E-state index is 0.251. The van der Waals surface area contributed by atoms with Crippen LogP contribution in [0.15, 0.2) is 35.1 Å². The van der Waals surface area contributed by atoms with Gasteiger partial charge in [-0.05, 0) is 37.5 Å². The maximum atomic E-state index is 5.94. The predicted octanol–water partition coefficient (Wildman–Crippen LogP) is 2.27. The van der Waals surface area contributed by atoms with Gasteiger partial charge in [-0.15, -0.1) is 0 Å². The number of rotatable bonds is 2. The molecule has 3 aromatic rings. The molecule has 106 valence electrons. The molecular formula is C15H15N5O. The summed E-state index contributed by atoms with van der Waals surface area (Å²) >= 11 is 0. The number of nitrogens with two attached hydrogens (primary N) is 1. The van der Waals surface area contributed by atoms with Crippen LogP contribution in [0.4, 0.5) is 0 Å². The number of hydrogen-bond acceptors (Lipinski definition) is 6. The molecule has 2 aromatic heterocycles. The molecule has 0 aliphatic heterocycles. The summed E-state index contributed by atoms with van der Waals surface area (Å²) in [6, 6.07) is 6.03. The van der Waals surface area contributed by atoms with Crippen molar-refractivity contribution in [1.29, 1.82) is 0 Å².